The Hall–Kier alpha value is -1.86. The second-order valence-corrected chi connectivity index (χ2v) is 5.52. The summed E-state index contributed by atoms with van der Waals surface area (Å²) in [6, 6.07) is 15.1. The number of aliphatic hydroxyl groups is 1. The van der Waals surface area contributed by atoms with Gasteiger partial charge in [-0.2, -0.15) is 0 Å². The smallest absolute Gasteiger partial charge is 0.0796 e. The van der Waals surface area contributed by atoms with Gasteiger partial charge in [0.15, 0.2) is 0 Å². The van der Waals surface area contributed by atoms with Gasteiger partial charge in [-0.05, 0) is 58.0 Å². The second-order valence-electron chi connectivity index (χ2n) is 5.52. The van der Waals surface area contributed by atoms with E-state index in [4.69, 9.17) is 0 Å². The van der Waals surface area contributed by atoms with Crippen LogP contribution in [0.1, 0.15) is 29.2 Å². The zero-order valence-corrected chi connectivity index (χ0v) is 11.0. The van der Waals surface area contributed by atoms with Gasteiger partial charge in [-0.25, -0.2) is 0 Å². The van der Waals surface area contributed by atoms with E-state index in [0.717, 1.165) is 18.4 Å². The van der Waals surface area contributed by atoms with Crippen molar-refractivity contribution in [2.24, 2.45) is 0 Å². The number of aryl methyl sites for hydroxylation is 2. The van der Waals surface area contributed by atoms with Crippen molar-refractivity contribution in [3.8, 4) is 0 Å². The highest BCUT2D eigenvalue weighted by Gasteiger charge is 2.23. The van der Waals surface area contributed by atoms with Gasteiger partial charge in [-0.15, -0.1) is 0 Å². The fourth-order valence-corrected chi connectivity index (χ4v) is 3.51. The molecule has 1 N–H and O–H groups in total. The molecule has 0 saturated heterocycles. The van der Waals surface area contributed by atoms with Gasteiger partial charge in [0.2, 0.25) is 0 Å². The van der Waals surface area contributed by atoms with E-state index in [2.05, 4.69) is 49.4 Å². The lowest BCUT2D eigenvalue weighted by atomic mass is 9.92. The van der Waals surface area contributed by atoms with Crippen molar-refractivity contribution in [1.82, 2.24) is 0 Å². The number of hydrogen-bond donors (Lipinski definition) is 1. The maximum Gasteiger partial charge on any atom is 0.0796 e. The van der Waals surface area contributed by atoms with Gasteiger partial charge in [0.1, 0.15) is 0 Å². The molecule has 0 bridgehead atoms. The topological polar surface area (TPSA) is 20.2 Å². The lowest BCUT2D eigenvalue weighted by Crippen LogP contribution is -1.93. The summed E-state index contributed by atoms with van der Waals surface area (Å²) in [5.74, 6) is 0. The van der Waals surface area contributed by atoms with Crippen LogP contribution in [-0.2, 0) is 6.42 Å². The molecule has 1 heteroatoms. The Bertz CT molecular complexity index is 801. The molecule has 0 aromatic heterocycles. The minimum Gasteiger partial charge on any atom is -0.388 e. The lowest BCUT2D eigenvalue weighted by molar-refractivity contribution is 0.180. The highest BCUT2D eigenvalue weighted by atomic mass is 16.3. The van der Waals surface area contributed by atoms with E-state index in [9.17, 15) is 5.11 Å². The SMILES string of the molecule is Cc1cc2c(c3ccc4ccccc4c13)CCC2O. The standard InChI is InChI=1S/C18H16O/c1-11-10-16-14(8-9-17(16)19)15-7-6-12-4-2-3-5-13(12)18(11)15/h2-7,10,17,19H,8-9H2,1H3. The molecule has 3 aromatic carbocycles. The molecule has 0 radical (unpaired) electrons. The predicted octanol–water partition coefficient (Wildman–Crippen LogP) is 4.28. The van der Waals surface area contributed by atoms with Crippen LogP contribution in [0.25, 0.3) is 21.5 Å². The third kappa shape index (κ3) is 1.45. The fourth-order valence-electron chi connectivity index (χ4n) is 3.51. The molecule has 1 unspecified atom stereocenters. The van der Waals surface area contributed by atoms with Crippen molar-refractivity contribution in [3.63, 3.8) is 0 Å². The Kier molecular flexibility index (Phi) is 2.21. The number of hydrogen-bond acceptors (Lipinski definition) is 1. The number of aliphatic hydroxyl groups excluding tert-OH is 1. The van der Waals surface area contributed by atoms with Crippen LogP contribution in [0.5, 0.6) is 0 Å². The molecular formula is C18H16O. The van der Waals surface area contributed by atoms with E-state index in [-0.39, 0.29) is 6.10 Å². The van der Waals surface area contributed by atoms with Crippen LogP contribution in [0, 0.1) is 6.92 Å². The molecule has 0 heterocycles. The molecule has 1 aliphatic rings. The van der Waals surface area contributed by atoms with E-state index in [1.807, 2.05) is 0 Å². The lowest BCUT2D eigenvalue weighted by Gasteiger charge is -2.13. The summed E-state index contributed by atoms with van der Waals surface area (Å²) >= 11 is 0. The number of benzene rings is 3. The molecule has 0 spiro atoms. The Labute approximate surface area is 112 Å². The second kappa shape index (κ2) is 3.82. The van der Waals surface area contributed by atoms with Crippen LogP contribution < -0.4 is 0 Å². The van der Waals surface area contributed by atoms with Crippen LogP contribution in [-0.4, -0.2) is 5.11 Å². The summed E-state index contributed by atoms with van der Waals surface area (Å²) in [7, 11) is 0. The minimum atomic E-state index is -0.274. The maximum absolute atomic E-state index is 10.1. The molecular weight excluding hydrogens is 232 g/mol. The van der Waals surface area contributed by atoms with Crippen LogP contribution in [0.3, 0.4) is 0 Å². The van der Waals surface area contributed by atoms with Crippen LogP contribution in [0.2, 0.25) is 0 Å². The average Bonchev–Trinajstić information content (AvgIpc) is 2.80. The molecule has 3 aromatic rings. The van der Waals surface area contributed by atoms with Gasteiger partial charge >= 0.3 is 0 Å². The Morgan fingerprint density at radius 1 is 1.05 bits per heavy atom. The van der Waals surface area contributed by atoms with Crippen molar-refractivity contribution in [1.29, 1.82) is 0 Å². The normalized spacial score (nSPS) is 18.1. The average molecular weight is 248 g/mol. The summed E-state index contributed by atoms with van der Waals surface area (Å²) in [6.45, 7) is 2.15. The predicted molar refractivity (Wildman–Crippen MR) is 79.5 cm³/mol. The summed E-state index contributed by atoms with van der Waals surface area (Å²) in [6.07, 6.45) is 1.58. The minimum absolute atomic E-state index is 0.274. The Balaban J connectivity index is 2.22. The first-order valence-electron chi connectivity index (χ1n) is 6.87. The summed E-state index contributed by atoms with van der Waals surface area (Å²) in [5.41, 5.74) is 3.76. The van der Waals surface area contributed by atoms with E-state index < -0.39 is 0 Å². The number of rotatable bonds is 0. The van der Waals surface area contributed by atoms with Crippen molar-refractivity contribution >= 4 is 21.5 Å². The van der Waals surface area contributed by atoms with Crippen molar-refractivity contribution in [2.75, 3.05) is 0 Å². The molecule has 94 valence electrons. The van der Waals surface area contributed by atoms with Gasteiger partial charge < -0.3 is 5.11 Å². The Morgan fingerprint density at radius 2 is 1.89 bits per heavy atom. The molecule has 0 aliphatic heterocycles. The summed E-state index contributed by atoms with van der Waals surface area (Å²) in [4.78, 5) is 0. The van der Waals surface area contributed by atoms with E-state index in [1.165, 1.54) is 32.7 Å². The molecule has 0 fully saturated rings. The van der Waals surface area contributed by atoms with E-state index >= 15 is 0 Å². The fraction of sp³-hybridized carbons (Fsp3) is 0.222. The first-order chi connectivity index (χ1) is 9.25. The molecule has 4 rings (SSSR count). The molecule has 1 nitrogen and oxygen atoms in total. The third-order valence-corrected chi connectivity index (χ3v) is 4.40. The van der Waals surface area contributed by atoms with Crippen molar-refractivity contribution in [2.45, 2.75) is 25.9 Å². The monoisotopic (exact) mass is 248 g/mol. The van der Waals surface area contributed by atoms with Gasteiger partial charge in [0, 0.05) is 0 Å². The molecule has 0 saturated carbocycles. The van der Waals surface area contributed by atoms with E-state index in [1.54, 1.807) is 0 Å². The first-order valence-corrected chi connectivity index (χ1v) is 6.87. The number of fused-ring (bicyclic) bond motifs is 5. The zero-order valence-electron chi connectivity index (χ0n) is 11.0. The molecule has 1 aliphatic carbocycles. The first kappa shape index (κ1) is 11.0. The van der Waals surface area contributed by atoms with Gasteiger partial charge in [0.05, 0.1) is 6.10 Å². The van der Waals surface area contributed by atoms with E-state index in [0.29, 0.717) is 0 Å². The third-order valence-electron chi connectivity index (χ3n) is 4.40. The summed E-state index contributed by atoms with van der Waals surface area (Å²) < 4.78 is 0. The Morgan fingerprint density at radius 3 is 2.79 bits per heavy atom. The van der Waals surface area contributed by atoms with Crippen LogP contribution in [0.15, 0.2) is 42.5 Å². The van der Waals surface area contributed by atoms with Gasteiger partial charge in [-0.1, -0.05) is 42.5 Å². The molecule has 1 atom stereocenters. The zero-order chi connectivity index (χ0) is 13.0. The largest absolute Gasteiger partial charge is 0.388 e. The summed E-state index contributed by atoms with van der Waals surface area (Å²) in [5, 5.41) is 15.4. The highest BCUT2D eigenvalue weighted by Crippen LogP contribution is 2.39. The maximum atomic E-state index is 10.1. The van der Waals surface area contributed by atoms with Crippen LogP contribution >= 0.6 is 0 Å². The molecule has 0 amide bonds. The van der Waals surface area contributed by atoms with Crippen molar-refractivity contribution in [3.05, 3.63) is 59.2 Å². The quantitative estimate of drug-likeness (QED) is 0.589. The van der Waals surface area contributed by atoms with Crippen LogP contribution in [0.4, 0.5) is 0 Å². The molecule has 19 heavy (non-hydrogen) atoms. The van der Waals surface area contributed by atoms with Gasteiger partial charge in [-0.3, -0.25) is 0 Å². The van der Waals surface area contributed by atoms with Gasteiger partial charge in [0.25, 0.3) is 0 Å². The van der Waals surface area contributed by atoms with Crippen molar-refractivity contribution < 1.29 is 5.11 Å². The highest BCUT2D eigenvalue weighted by molar-refractivity contribution is 6.10.